The van der Waals surface area contributed by atoms with Crippen molar-refractivity contribution >= 4 is 22.6 Å². The zero-order valence-corrected chi connectivity index (χ0v) is 10.1. The Kier molecular flexibility index (Phi) is 2.56. The molecule has 4 nitrogen and oxygen atoms in total. The van der Waals surface area contributed by atoms with Crippen molar-refractivity contribution in [2.24, 2.45) is 14.1 Å². The monoisotopic (exact) mass is 240 g/mol. The number of aromatic nitrogens is 2. The molecule has 1 atom stereocenters. The largest absolute Gasteiger partial charge is 0.389 e. The molecule has 1 unspecified atom stereocenters. The van der Waals surface area contributed by atoms with Crippen molar-refractivity contribution in [2.45, 2.75) is 13.0 Å². The molecule has 5 heteroatoms. The van der Waals surface area contributed by atoms with E-state index in [1.807, 2.05) is 0 Å². The van der Waals surface area contributed by atoms with Gasteiger partial charge in [-0.3, -0.25) is 9.13 Å². The molecule has 0 fully saturated rings. The lowest BCUT2D eigenvalue weighted by Crippen LogP contribution is -2.19. The highest BCUT2D eigenvalue weighted by Crippen LogP contribution is 2.27. The molecule has 0 aliphatic rings. The Bertz CT molecular complexity index is 610. The van der Waals surface area contributed by atoms with Gasteiger partial charge in [0.05, 0.1) is 17.1 Å². The lowest BCUT2D eigenvalue weighted by atomic mass is 10.1. The van der Waals surface area contributed by atoms with E-state index in [1.54, 1.807) is 33.2 Å². The first-order valence-electron chi connectivity index (χ1n) is 4.96. The second-order valence-electron chi connectivity index (χ2n) is 3.94. The van der Waals surface area contributed by atoms with Gasteiger partial charge in [-0.1, -0.05) is 11.6 Å². The van der Waals surface area contributed by atoms with Crippen LogP contribution in [0.15, 0.2) is 16.9 Å². The first-order chi connectivity index (χ1) is 7.43. The number of hydrogen-bond acceptors (Lipinski definition) is 2. The smallest absolute Gasteiger partial charge is 0.328 e. The van der Waals surface area contributed by atoms with Crippen LogP contribution in [-0.4, -0.2) is 14.2 Å². The third kappa shape index (κ3) is 1.45. The summed E-state index contributed by atoms with van der Waals surface area (Å²) in [4.78, 5) is 11.7. The van der Waals surface area contributed by atoms with Gasteiger partial charge in [0.15, 0.2) is 0 Å². The number of hydrogen-bond donors (Lipinski definition) is 1. The molecule has 0 amide bonds. The second kappa shape index (κ2) is 3.64. The molecule has 0 radical (unpaired) electrons. The molecule has 0 saturated carbocycles. The molecule has 1 aromatic carbocycles. The Labute approximate surface area is 97.7 Å². The van der Waals surface area contributed by atoms with Crippen LogP contribution in [0.1, 0.15) is 18.6 Å². The molecular weight excluding hydrogens is 228 g/mol. The van der Waals surface area contributed by atoms with Gasteiger partial charge in [0, 0.05) is 24.7 Å². The first kappa shape index (κ1) is 11.2. The Morgan fingerprint density at radius 1 is 1.25 bits per heavy atom. The van der Waals surface area contributed by atoms with E-state index in [0.29, 0.717) is 10.6 Å². The molecule has 0 bridgehead atoms. The minimum Gasteiger partial charge on any atom is -0.389 e. The van der Waals surface area contributed by atoms with Crippen molar-refractivity contribution in [3.63, 3.8) is 0 Å². The van der Waals surface area contributed by atoms with Crippen LogP contribution < -0.4 is 5.69 Å². The standard InChI is InChI=1S/C11H13ClN2O2/c1-6(15)7-4-9-10(5-8(7)12)14(3)11(16)13(9)2/h4-6,15H,1-3H3. The molecule has 0 aliphatic heterocycles. The number of fused-ring (bicyclic) bond motifs is 1. The third-order valence-electron chi connectivity index (χ3n) is 2.84. The van der Waals surface area contributed by atoms with E-state index < -0.39 is 6.10 Å². The first-order valence-corrected chi connectivity index (χ1v) is 5.34. The van der Waals surface area contributed by atoms with Gasteiger partial charge in [-0.05, 0) is 19.1 Å². The summed E-state index contributed by atoms with van der Waals surface area (Å²) in [6.45, 7) is 1.65. The van der Waals surface area contributed by atoms with Crippen molar-refractivity contribution in [1.82, 2.24) is 9.13 Å². The fourth-order valence-electron chi connectivity index (χ4n) is 1.86. The highest BCUT2D eigenvalue weighted by Gasteiger charge is 2.13. The van der Waals surface area contributed by atoms with Crippen LogP contribution in [-0.2, 0) is 14.1 Å². The molecule has 2 rings (SSSR count). The van der Waals surface area contributed by atoms with Gasteiger partial charge >= 0.3 is 5.69 Å². The molecule has 1 aromatic heterocycles. The number of aliphatic hydroxyl groups is 1. The maximum Gasteiger partial charge on any atom is 0.328 e. The molecule has 86 valence electrons. The number of aliphatic hydroxyl groups excluding tert-OH is 1. The highest BCUT2D eigenvalue weighted by molar-refractivity contribution is 6.32. The van der Waals surface area contributed by atoms with Crippen LogP contribution in [0.2, 0.25) is 5.02 Å². The minimum atomic E-state index is -0.646. The predicted octanol–water partition coefficient (Wildman–Crippen LogP) is 1.58. The quantitative estimate of drug-likeness (QED) is 0.823. The van der Waals surface area contributed by atoms with Gasteiger partial charge in [0.2, 0.25) is 0 Å². The molecule has 0 saturated heterocycles. The van der Waals surface area contributed by atoms with Crippen LogP contribution in [0, 0.1) is 0 Å². The Morgan fingerprint density at radius 2 is 1.75 bits per heavy atom. The summed E-state index contributed by atoms with van der Waals surface area (Å²) in [5.41, 5.74) is 2.07. The number of imidazole rings is 1. The summed E-state index contributed by atoms with van der Waals surface area (Å²) >= 11 is 6.05. The van der Waals surface area contributed by atoms with Crippen molar-refractivity contribution in [3.8, 4) is 0 Å². The van der Waals surface area contributed by atoms with Gasteiger partial charge < -0.3 is 5.11 Å². The van der Waals surface area contributed by atoms with Gasteiger partial charge in [0.25, 0.3) is 0 Å². The average molecular weight is 241 g/mol. The van der Waals surface area contributed by atoms with Gasteiger partial charge in [0.1, 0.15) is 0 Å². The molecule has 0 spiro atoms. The fraction of sp³-hybridized carbons (Fsp3) is 0.364. The van der Waals surface area contributed by atoms with E-state index in [4.69, 9.17) is 11.6 Å². The summed E-state index contributed by atoms with van der Waals surface area (Å²) in [5, 5.41) is 10.0. The fourth-order valence-corrected chi connectivity index (χ4v) is 2.17. The number of benzene rings is 1. The van der Waals surface area contributed by atoms with Crippen molar-refractivity contribution in [3.05, 3.63) is 33.2 Å². The SMILES string of the molecule is CC(O)c1cc2c(cc1Cl)n(C)c(=O)n2C. The van der Waals surface area contributed by atoms with Gasteiger partial charge in [-0.25, -0.2) is 4.79 Å². The van der Waals surface area contributed by atoms with Crippen molar-refractivity contribution < 1.29 is 5.11 Å². The van der Waals surface area contributed by atoms with E-state index in [1.165, 1.54) is 9.13 Å². The Balaban J connectivity index is 2.90. The lowest BCUT2D eigenvalue weighted by molar-refractivity contribution is 0.199. The second-order valence-corrected chi connectivity index (χ2v) is 4.35. The van der Waals surface area contributed by atoms with Crippen LogP contribution in [0.4, 0.5) is 0 Å². The Morgan fingerprint density at radius 3 is 2.25 bits per heavy atom. The van der Waals surface area contributed by atoms with Crippen LogP contribution in [0.25, 0.3) is 11.0 Å². The zero-order chi connectivity index (χ0) is 12.0. The normalized spacial score (nSPS) is 13.3. The van der Waals surface area contributed by atoms with Crippen molar-refractivity contribution in [1.29, 1.82) is 0 Å². The molecular formula is C11H13ClN2O2. The summed E-state index contributed by atoms with van der Waals surface area (Å²) in [5.74, 6) is 0. The molecule has 1 heterocycles. The van der Waals surface area contributed by atoms with Gasteiger partial charge in [-0.15, -0.1) is 0 Å². The number of halogens is 1. The number of rotatable bonds is 1. The van der Waals surface area contributed by atoms with Crippen LogP contribution in [0.3, 0.4) is 0 Å². The summed E-state index contributed by atoms with van der Waals surface area (Å²) in [6, 6.07) is 3.46. The summed E-state index contributed by atoms with van der Waals surface area (Å²) in [6.07, 6.45) is -0.646. The number of aryl methyl sites for hydroxylation is 2. The molecule has 0 aliphatic carbocycles. The average Bonchev–Trinajstić information content (AvgIpc) is 2.43. The topological polar surface area (TPSA) is 47.2 Å². The molecule has 1 N–H and O–H groups in total. The third-order valence-corrected chi connectivity index (χ3v) is 3.17. The molecule has 16 heavy (non-hydrogen) atoms. The maximum atomic E-state index is 11.7. The summed E-state index contributed by atoms with van der Waals surface area (Å²) in [7, 11) is 3.40. The van der Waals surface area contributed by atoms with E-state index >= 15 is 0 Å². The summed E-state index contributed by atoms with van der Waals surface area (Å²) < 4.78 is 3.07. The van der Waals surface area contributed by atoms with E-state index in [9.17, 15) is 9.90 Å². The van der Waals surface area contributed by atoms with E-state index in [2.05, 4.69) is 0 Å². The zero-order valence-electron chi connectivity index (χ0n) is 9.36. The minimum absolute atomic E-state index is 0.103. The number of nitrogens with zero attached hydrogens (tertiary/aromatic N) is 2. The van der Waals surface area contributed by atoms with E-state index in [-0.39, 0.29) is 5.69 Å². The highest BCUT2D eigenvalue weighted by atomic mass is 35.5. The van der Waals surface area contributed by atoms with Crippen LogP contribution >= 0.6 is 11.6 Å². The van der Waals surface area contributed by atoms with E-state index in [0.717, 1.165) is 11.0 Å². The predicted molar refractivity (Wildman–Crippen MR) is 63.8 cm³/mol. The van der Waals surface area contributed by atoms with Crippen LogP contribution in [0.5, 0.6) is 0 Å². The maximum absolute atomic E-state index is 11.7. The molecule has 2 aromatic rings. The van der Waals surface area contributed by atoms with Gasteiger partial charge in [-0.2, -0.15) is 0 Å². The lowest BCUT2D eigenvalue weighted by Gasteiger charge is -2.08. The Hall–Kier alpha value is -1.26. The van der Waals surface area contributed by atoms with Crippen molar-refractivity contribution in [2.75, 3.05) is 0 Å².